The maximum atomic E-state index is 11.0. The monoisotopic (exact) mass is 350 g/mol. The summed E-state index contributed by atoms with van der Waals surface area (Å²) in [6, 6.07) is 19.9. The van der Waals surface area contributed by atoms with Gasteiger partial charge in [0.15, 0.2) is 0 Å². The smallest absolute Gasteiger partial charge is 0.371 e. The molecule has 1 heterocycles. The summed E-state index contributed by atoms with van der Waals surface area (Å²) in [7, 11) is 0. The molecule has 4 nitrogen and oxygen atoms in total. The molecule has 0 fully saturated rings. The summed E-state index contributed by atoms with van der Waals surface area (Å²) in [5, 5.41) is 8.97. The first kappa shape index (κ1) is 17.8. The van der Waals surface area contributed by atoms with Gasteiger partial charge in [-0.25, -0.2) is 4.79 Å². The van der Waals surface area contributed by atoms with E-state index in [1.807, 2.05) is 30.3 Å². The van der Waals surface area contributed by atoms with Gasteiger partial charge < -0.3 is 14.3 Å². The van der Waals surface area contributed by atoms with Crippen LogP contribution in [-0.4, -0.2) is 11.1 Å². The molecule has 0 unspecified atom stereocenters. The number of hydrogen-bond acceptors (Lipinski definition) is 3. The number of furan rings is 1. The molecule has 4 heteroatoms. The van der Waals surface area contributed by atoms with E-state index in [0.29, 0.717) is 5.76 Å². The maximum absolute atomic E-state index is 11.0. The zero-order valence-electron chi connectivity index (χ0n) is 15.2. The van der Waals surface area contributed by atoms with Crippen molar-refractivity contribution in [2.24, 2.45) is 0 Å². The lowest BCUT2D eigenvalue weighted by molar-refractivity contribution is 0.0661. The predicted octanol–water partition coefficient (Wildman–Crippen LogP) is 5.19. The maximum Gasteiger partial charge on any atom is 0.371 e. The molecule has 0 aliphatic carbocycles. The molecule has 0 amide bonds. The molecule has 0 atom stereocenters. The molecule has 2 aromatic carbocycles. The van der Waals surface area contributed by atoms with E-state index in [0.717, 1.165) is 11.3 Å². The van der Waals surface area contributed by atoms with Crippen LogP contribution in [0.5, 0.6) is 5.75 Å². The fourth-order valence-electron chi connectivity index (χ4n) is 2.92. The summed E-state index contributed by atoms with van der Waals surface area (Å²) < 4.78 is 11.0. The molecule has 0 spiro atoms. The third-order valence-corrected chi connectivity index (χ3v) is 4.70. The highest BCUT2D eigenvalue weighted by Crippen LogP contribution is 2.32. The second-order valence-electron chi connectivity index (χ2n) is 6.80. The third-order valence-electron chi connectivity index (χ3n) is 4.70. The van der Waals surface area contributed by atoms with Crippen LogP contribution in [0.2, 0.25) is 0 Å². The Labute approximate surface area is 153 Å². The lowest BCUT2D eigenvalue weighted by Gasteiger charge is -2.26. The fraction of sp³-hybridized carbons (Fsp3) is 0.227. The number of aromatic carboxylic acids is 1. The summed E-state index contributed by atoms with van der Waals surface area (Å²) in [5.74, 6) is 0.146. The van der Waals surface area contributed by atoms with Crippen LogP contribution in [0.1, 0.15) is 46.9 Å². The lowest BCUT2D eigenvalue weighted by atomic mass is 9.78. The number of hydrogen-bond donors (Lipinski definition) is 1. The zero-order chi connectivity index (χ0) is 18.7. The minimum absolute atomic E-state index is 0.0685. The van der Waals surface area contributed by atoms with Crippen molar-refractivity contribution >= 4 is 5.97 Å². The first-order valence-electron chi connectivity index (χ1n) is 8.49. The summed E-state index contributed by atoms with van der Waals surface area (Å²) in [5.41, 5.74) is 3.08. The van der Waals surface area contributed by atoms with Gasteiger partial charge in [0.2, 0.25) is 5.76 Å². The van der Waals surface area contributed by atoms with Crippen LogP contribution in [0.25, 0.3) is 0 Å². The average molecular weight is 350 g/mol. The van der Waals surface area contributed by atoms with Gasteiger partial charge in [0.1, 0.15) is 18.1 Å². The van der Waals surface area contributed by atoms with Gasteiger partial charge in [-0.1, -0.05) is 56.3 Å². The topological polar surface area (TPSA) is 59.7 Å². The first-order valence-corrected chi connectivity index (χ1v) is 8.49. The van der Waals surface area contributed by atoms with Crippen molar-refractivity contribution in [1.82, 2.24) is 0 Å². The number of carbonyl (C=O) groups is 1. The Morgan fingerprint density at radius 3 is 2.23 bits per heavy atom. The van der Waals surface area contributed by atoms with Crippen molar-refractivity contribution in [3.8, 4) is 5.75 Å². The Bertz CT molecular complexity index is 890. The standard InChI is InChI=1S/C22H22O4/c1-15-16(13-20(26-15)21(23)24)14-25-19-11-9-18(10-12-19)22(2,3)17-7-5-4-6-8-17/h4-13H,14H2,1-3H3,(H,23,24). The van der Waals surface area contributed by atoms with Crippen molar-refractivity contribution in [2.45, 2.75) is 32.8 Å². The molecule has 0 aliphatic rings. The number of aryl methyl sites for hydroxylation is 1. The second kappa shape index (κ2) is 7.08. The normalized spacial score (nSPS) is 11.3. The number of rotatable bonds is 6. The van der Waals surface area contributed by atoms with E-state index in [-0.39, 0.29) is 17.8 Å². The van der Waals surface area contributed by atoms with Crippen LogP contribution < -0.4 is 4.74 Å². The third kappa shape index (κ3) is 3.64. The summed E-state index contributed by atoms with van der Waals surface area (Å²) in [4.78, 5) is 11.0. The van der Waals surface area contributed by atoms with Crippen LogP contribution in [-0.2, 0) is 12.0 Å². The Morgan fingerprint density at radius 1 is 1.04 bits per heavy atom. The Kier molecular flexibility index (Phi) is 4.85. The lowest BCUT2D eigenvalue weighted by Crippen LogP contribution is -2.18. The quantitative estimate of drug-likeness (QED) is 0.664. The van der Waals surface area contributed by atoms with E-state index in [1.165, 1.54) is 17.2 Å². The van der Waals surface area contributed by atoms with Crippen LogP contribution in [0.3, 0.4) is 0 Å². The molecule has 134 valence electrons. The van der Waals surface area contributed by atoms with E-state index in [2.05, 4.69) is 38.1 Å². The molecule has 1 aromatic heterocycles. The molecular formula is C22H22O4. The van der Waals surface area contributed by atoms with Crippen LogP contribution in [0, 0.1) is 6.92 Å². The van der Waals surface area contributed by atoms with Gasteiger partial charge in [0, 0.05) is 11.0 Å². The van der Waals surface area contributed by atoms with Gasteiger partial charge in [-0.3, -0.25) is 0 Å². The SMILES string of the molecule is Cc1oc(C(=O)O)cc1COc1ccc(C(C)(C)c2ccccc2)cc1. The molecule has 3 aromatic rings. The molecule has 0 bridgehead atoms. The van der Waals surface area contributed by atoms with Crippen molar-refractivity contribution < 1.29 is 19.1 Å². The molecule has 0 saturated carbocycles. The summed E-state index contributed by atoms with van der Waals surface area (Å²) in [6.45, 7) is 6.39. The van der Waals surface area contributed by atoms with Crippen LogP contribution in [0.4, 0.5) is 0 Å². The van der Waals surface area contributed by atoms with E-state index in [9.17, 15) is 4.79 Å². The molecule has 26 heavy (non-hydrogen) atoms. The Balaban J connectivity index is 1.71. The average Bonchev–Trinajstić information content (AvgIpc) is 3.02. The molecule has 0 aliphatic heterocycles. The summed E-state index contributed by atoms with van der Waals surface area (Å²) in [6.07, 6.45) is 0. The highest BCUT2D eigenvalue weighted by Gasteiger charge is 2.22. The van der Waals surface area contributed by atoms with E-state index < -0.39 is 5.97 Å². The highest BCUT2D eigenvalue weighted by atomic mass is 16.5. The van der Waals surface area contributed by atoms with E-state index in [4.69, 9.17) is 14.3 Å². The Morgan fingerprint density at radius 2 is 1.65 bits per heavy atom. The van der Waals surface area contributed by atoms with Crippen molar-refractivity contribution in [3.63, 3.8) is 0 Å². The zero-order valence-corrected chi connectivity index (χ0v) is 15.2. The van der Waals surface area contributed by atoms with Gasteiger partial charge >= 0.3 is 5.97 Å². The largest absolute Gasteiger partial charge is 0.489 e. The minimum atomic E-state index is -1.08. The number of ether oxygens (including phenoxy) is 1. The summed E-state index contributed by atoms with van der Waals surface area (Å²) >= 11 is 0. The first-order chi connectivity index (χ1) is 12.4. The molecule has 1 N–H and O–H groups in total. The molecule has 0 radical (unpaired) electrons. The van der Waals surface area contributed by atoms with Gasteiger partial charge in [0.05, 0.1) is 0 Å². The molecular weight excluding hydrogens is 328 g/mol. The highest BCUT2D eigenvalue weighted by molar-refractivity contribution is 5.84. The van der Waals surface area contributed by atoms with E-state index in [1.54, 1.807) is 6.92 Å². The Hall–Kier alpha value is -3.01. The second-order valence-corrected chi connectivity index (χ2v) is 6.80. The van der Waals surface area contributed by atoms with Gasteiger partial charge in [-0.2, -0.15) is 0 Å². The molecule has 3 rings (SSSR count). The van der Waals surface area contributed by atoms with Crippen LogP contribution >= 0.6 is 0 Å². The number of benzene rings is 2. The molecule has 0 saturated heterocycles. The van der Waals surface area contributed by atoms with Crippen molar-refractivity contribution in [2.75, 3.05) is 0 Å². The van der Waals surface area contributed by atoms with Crippen molar-refractivity contribution in [1.29, 1.82) is 0 Å². The number of carboxylic acid groups (broad SMARTS) is 1. The van der Waals surface area contributed by atoms with Gasteiger partial charge in [-0.15, -0.1) is 0 Å². The predicted molar refractivity (Wildman–Crippen MR) is 99.7 cm³/mol. The van der Waals surface area contributed by atoms with Gasteiger partial charge in [-0.05, 0) is 36.2 Å². The minimum Gasteiger partial charge on any atom is -0.489 e. The number of carboxylic acids is 1. The van der Waals surface area contributed by atoms with Crippen molar-refractivity contribution in [3.05, 3.63) is 88.9 Å². The van der Waals surface area contributed by atoms with Gasteiger partial charge in [0.25, 0.3) is 0 Å². The fourth-order valence-corrected chi connectivity index (χ4v) is 2.92. The van der Waals surface area contributed by atoms with Crippen LogP contribution in [0.15, 0.2) is 65.1 Å². The van der Waals surface area contributed by atoms with E-state index >= 15 is 0 Å².